The number of hydrogen-bond donors (Lipinski definition) is 3. The highest BCUT2D eigenvalue weighted by atomic mass is 19.1. The number of halogens is 2. The zero-order valence-corrected chi connectivity index (χ0v) is 17.1. The molecule has 0 aliphatic carbocycles. The molecule has 5 nitrogen and oxygen atoms in total. The van der Waals surface area contributed by atoms with Gasteiger partial charge in [-0.15, -0.1) is 0 Å². The molecule has 0 radical (unpaired) electrons. The summed E-state index contributed by atoms with van der Waals surface area (Å²) in [7, 11) is 0. The fraction of sp³-hybridized carbons (Fsp3) is 0.120. The molecule has 0 unspecified atom stereocenters. The Kier molecular flexibility index (Phi) is 6.09. The van der Waals surface area contributed by atoms with Crippen molar-refractivity contribution >= 4 is 22.5 Å². The summed E-state index contributed by atoms with van der Waals surface area (Å²) in [6.45, 7) is 0. The van der Waals surface area contributed by atoms with Gasteiger partial charge in [0, 0.05) is 28.9 Å². The third kappa shape index (κ3) is 4.58. The average molecular weight is 433 g/mol. The predicted molar refractivity (Wildman–Crippen MR) is 121 cm³/mol. The molecule has 4 aromatic rings. The van der Waals surface area contributed by atoms with E-state index in [2.05, 4.69) is 10.3 Å². The molecule has 0 saturated carbocycles. The molecule has 4 N–H and O–H groups in total. The molecule has 1 heterocycles. The summed E-state index contributed by atoms with van der Waals surface area (Å²) in [6.07, 6.45) is 0.0719. The number of para-hydroxylation sites is 1. The fourth-order valence-electron chi connectivity index (χ4n) is 3.73. The fourth-order valence-corrected chi connectivity index (χ4v) is 3.73. The van der Waals surface area contributed by atoms with E-state index < -0.39 is 23.3 Å². The van der Waals surface area contributed by atoms with E-state index in [0.29, 0.717) is 27.6 Å². The Balaban J connectivity index is 1.65. The number of fused-ring (bicyclic) bond motifs is 1. The van der Waals surface area contributed by atoms with Crippen molar-refractivity contribution in [3.8, 4) is 11.1 Å². The summed E-state index contributed by atoms with van der Waals surface area (Å²) in [5.74, 6) is -1.27. The summed E-state index contributed by atoms with van der Waals surface area (Å²) < 4.78 is 27.4. The van der Waals surface area contributed by atoms with E-state index in [-0.39, 0.29) is 24.3 Å². The van der Waals surface area contributed by atoms with Crippen LogP contribution in [0, 0.1) is 11.6 Å². The van der Waals surface area contributed by atoms with Crippen LogP contribution in [0.15, 0.2) is 77.6 Å². The van der Waals surface area contributed by atoms with Gasteiger partial charge in [0.1, 0.15) is 17.3 Å². The molecule has 3 aromatic carbocycles. The Labute approximate surface area is 182 Å². The quantitative estimate of drug-likeness (QED) is 0.422. The number of pyridine rings is 1. The molecule has 0 aliphatic heterocycles. The highest BCUT2D eigenvalue weighted by Gasteiger charge is 2.19. The van der Waals surface area contributed by atoms with Crippen LogP contribution in [0.3, 0.4) is 0 Å². The Morgan fingerprint density at radius 3 is 2.41 bits per heavy atom. The van der Waals surface area contributed by atoms with E-state index in [0.717, 1.165) is 0 Å². The van der Waals surface area contributed by atoms with Crippen LogP contribution in [0.25, 0.3) is 22.0 Å². The van der Waals surface area contributed by atoms with Gasteiger partial charge >= 0.3 is 0 Å². The van der Waals surface area contributed by atoms with Crippen molar-refractivity contribution in [2.45, 2.75) is 18.9 Å². The lowest BCUT2D eigenvalue weighted by Gasteiger charge is -2.16. The number of nitrogens with one attached hydrogen (secondary N) is 2. The minimum absolute atomic E-state index is 0.0541. The zero-order chi connectivity index (χ0) is 22.7. The normalized spacial score (nSPS) is 12.0. The molecule has 0 fully saturated rings. The number of H-pyrrole nitrogens is 1. The van der Waals surface area contributed by atoms with Crippen LogP contribution >= 0.6 is 0 Å². The molecular formula is C25H21F2N3O2. The first-order valence-electron chi connectivity index (χ1n) is 10.1. The van der Waals surface area contributed by atoms with Gasteiger partial charge in [0.2, 0.25) is 5.91 Å². The van der Waals surface area contributed by atoms with Crippen LogP contribution in [-0.4, -0.2) is 16.9 Å². The number of benzene rings is 3. The molecule has 4 rings (SSSR count). The van der Waals surface area contributed by atoms with Gasteiger partial charge in [0.15, 0.2) is 0 Å². The van der Waals surface area contributed by atoms with Gasteiger partial charge < -0.3 is 16.0 Å². The number of aromatic amines is 1. The van der Waals surface area contributed by atoms with Crippen LogP contribution in [-0.2, 0) is 11.2 Å². The largest absolute Gasteiger partial charge is 0.327 e. The minimum Gasteiger partial charge on any atom is -0.327 e. The van der Waals surface area contributed by atoms with Gasteiger partial charge in [0.05, 0.1) is 0 Å². The molecule has 0 aliphatic rings. The van der Waals surface area contributed by atoms with E-state index in [1.807, 2.05) is 12.1 Å². The van der Waals surface area contributed by atoms with Gasteiger partial charge in [-0.25, -0.2) is 8.78 Å². The Morgan fingerprint density at radius 1 is 0.969 bits per heavy atom. The first-order chi connectivity index (χ1) is 15.4. The monoisotopic (exact) mass is 433 g/mol. The number of anilines is 1. The number of nitrogens with two attached hydrogens (primary N) is 1. The summed E-state index contributed by atoms with van der Waals surface area (Å²) >= 11 is 0. The minimum atomic E-state index is -0.638. The highest BCUT2D eigenvalue weighted by molar-refractivity contribution is 6.05. The number of carbonyl (C=O) groups excluding carboxylic acids is 1. The summed E-state index contributed by atoms with van der Waals surface area (Å²) in [5.41, 5.74) is 7.71. The standard InChI is InChI=1S/C25H21F2N3O2/c26-17-11-9-15(10-12-17)23-19-6-2-4-8-21(19)29-25(32)24(23)30-22(31)14-18(28)13-16-5-1-3-7-20(16)27/h1-12,18H,13-14,28H2,(H,29,32)(H,30,31)/t18-/m0/s1. The van der Waals surface area contributed by atoms with Crippen LogP contribution in [0.1, 0.15) is 12.0 Å². The van der Waals surface area contributed by atoms with Crippen molar-refractivity contribution in [1.82, 2.24) is 4.98 Å². The highest BCUT2D eigenvalue weighted by Crippen LogP contribution is 2.32. The van der Waals surface area contributed by atoms with Crippen molar-refractivity contribution in [1.29, 1.82) is 0 Å². The third-order valence-electron chi connectivity index (χ3n) is 5.21. The first-order valence-corrected chi connectivity index (χ1v) is 10.1. The van der Waals surface area contributed by atoms with Crippen molar-refractivity contribution < 1.29 is 13.6 Å². The molecule has 1 atom stereocenters. The number of aromatic nitrogens is 1. The smallest absolute Gasteiger partial charge is 0.272 e. The topological polar surface area (TPSA) is 88.0 Å². The van der Waals surface area contributed by atoms with E-state index >= 15 is 0 Å². The van der Waals surface area contributed by atoms with Crippen LogP contribution in [0.2, 0.25) is 0 Å². The molecule has 0 spiro atoms. The van der Waals surface area contributed by atoms with Gasteiger partial charge in [0.25, 0.3) is 5.56 Å². The Morgan fingerprint density at radius 2 is 1.66 bits per heavy atom. The van der Waals surface area contributed by atoms with Gasteiger partial charge in [-0.2, -0.15) is 0 Å². The summed E-state index contributed by atoms with van der Waals surface area (Å²) in [6, 6.07) is 18.4. The summed E-state index contributed by atoms with van der Waals surface area (Å²) in [4.78, 5) is 28.3. The van der Waals surface area contributed by atoms with Crippen LogP contribution in [0.5, 0.6) is 0 Å². The van der Waals surface area contributed by atoms with Crippen molar-refractivity contribution in [2.75, 3.05) is 5.32 Å². The Bertz CT molecular complexity index is 1330. The van der Waals surface area contributed by atoms with E-state index in [1.54, 1.807) is 42.5 Å². The third-order valence-corrected chi connectivity index (χ3v) is 5.21. The number of amides is 1. The van der Waals surface area contributed by atoms with Crippen LogP contribution < -0.4 is 16.6 Å². The lowest BCUT2D eigenvalue weighted by Crippen LogP contribution is -2.31. The van der Waals surface area contributed by atoms with Crippen molar-refractivity contribution in [2.24, 2.45) is 5.73 Å². The zero-order valence-electron chi connectivity index (χ0n) is 17.1. The second-order valence-electron chi connectivity index (χ2n) is 7.56. The molecule has 162 valence electrons. The molecule has 0 saturated heterocycles. The molecule has 7 heteroatoms. The first kappa shape index (κ1) is 21.4. The maximum Gasteiger partial charge on any atom is 0.272 e. The summed E-state index contributed by atoms with van der Waals surface area (Å²) in [5, 5.41) is 3.36. The van der Waals surface area contributed by atoms with E-state index in [1.165, 1.54) is 18.2 Å². The van der Waals surface area contributed by atoms with E-state index in [9.17, 15) is 18.4 Å². The lowest BCUT2D eigenvalue weighted by molar-refractivity contribution is -0.116. The molecule has 1 aromatic heterocycles. The molecular weight excluding hydrogens is 412 g/mol. The average Bonchev–Trinajstić information content (AvgIpc) is 2.76. The molecule has 1 amide bonds. The molecule has 0 bridgehead atoms. The SMILES string of the molecule is N[C@H](CC(=O)Nc1c(-c2ccc(F)cc2)c2ccccc2[nH]c1=O)Cc1ccccc1F. The number of rotatable bonds is 6. The van der Waals surface area contributed by atoms with Crippen molar-refractivity contribution in [3.63, 3.8) is 0 Å². The number of hydrogen-bond acceptors (Lipinski definition) is 3. The van der Waals surface area contributed by atoms with Gasteiger partial charge in [-0.3, -0.25) is 9.59 Å². The van der Waals surface area contributed by atoms with Gasteiger partial charge in [-0.05, 0) is 41.8 Å². The second-order valence-corrected chi connectivity index (χ2v) is 7.56. The predicted octanol–water partition coefficient (Wildman–Crippen LogP) is 4.37. The maximum atomic E-state index is 13.9. The second kappa shape index (κ2) is 9.11. The van der Waals surface area contributed by atoms with Crippen LogP contribution in [0.4, 0.5) is 14.5 Å². The maximum absolute atomic E-state index is 13.9. The number of carbonyl (C=O) groups is 1. The lowest BCUT2D eigenvalue weighted by atomic mass is 9.99. The van der Waals surface area contributed by atoms with Crippen molar-refractivity contribution in [3.05, 3.63) is 100 Å². The Hall–Kier alpha value is -3.84. The van der Waals surface area contributed by atoms with E-state index in [4.69, 9.17) is 5.73 Å². The molecule has 32 heavy (non-hydrogen) atoms. The van der Waals surface area contributed by atoms with Gasteiger partial charge in [-0.1, -0.05) is 48.5 Å².